The van der Waals surface area contributed by atoms with Gasteiger partial charge in [-0.25, -0.2) is 13.8 Å². The number of aromatic nitrogens is 6. The van der Waals surface area contributed by atoms with Gasteiger partial charge < -0.3 is 10.3 Å². The van der Waals surface area contributed by atoms with E-state index >= 15 is 4.39 Å². The maximum atomic E-state index is 15.3. The molecule has 0 aliphatic heterocycles. The van der Waals surface area contributed by atoms with E-state index in [1.165, 1.54) is 12.1 Å². The highest BCUT2D eigenvalue weighted by atomic mass is 19.1. The monoisotopic (exact) mass is 557 g/mol. The van der Waals surface area contributed by atoms with E-state index in [-0.39, 0.29) is 17.8 Å². The van der Waals surface area contributed by atoms with Gasteiger partial charge >= 0.3 is 0 Å². The van der Waals surface area contributed by atoms with Crippen molar-refractivity contribution in [2.75, 3.05) is 5.32 Å². The molecule has 4 aromatic heterocycles. The molecule has 42 heavy (non-hydrogen) atoms. The summed E-state index contributed by atoms with van der Waals surface area (Å²) in [5, 5.41) is 10.4. The van der Waals surface area contributed by atoms with Gasteiger partial charge in [-0.1, -0.05) is 42.5 Å². The second kappa shape index (κ2) is 10.3. The molecule has 0 unspecified atom stereocenters. The Morgan fingerprint density at radius 1 is 0.857 bits per heavy atom. The molecular weight excluding hydrogens is 536 g/mol. The minimum atomic E-state index is -0.534. The summed E-state index contributed by atoms with van der Waals surface area (Å²) in [7, 11) is 0. The van der Waals surface area contributed by atoms with Crippen molar-refractivity contribution in [2.24, 2.45) is 0 Å². The third kappa shape index (κ3) is 4.64. The molecule has 0 aliphatic rings. The standard InChI is InChI=1S/C32H21F2N7O/c33-24-9-5-4-8-22(24)29-31-26(10-11-36-29)38-32(39-31)30-23-14-19(15-25(34)28(23)40-41-30)20-13-21(17-35-16-20)37-27(42)12-18-6-2-1-3-7-18/h1-11,13-17H,12H2,(H,37,42)(H,38,39)(H,40,41). The van der Waals surface area contributed by atoms with Crippen molar-refractivity contribution >= 4 is 33.5 Å². The summed E-state index contributed by atoms with van der Waals surface area (Å²) in [6.07, 6.45) is 4.93. The number of hydrogen-bond donors (Lipinski definition) is 3. The molecular formula is C32H21F2N7O. The summed E-state index contributed by atoms with van der Waals surface area (Å²) in [6, 6.07) is 22.4. The Kier molecular flexibility index (Phi) is 6.20. The molecule has 7 rings (SSSR count). The second-order valence-electron chi connectivity index (χ2n) is 9.75. The number of benzene rings is 3. The van der Waals surface area contributed by atoms with Gasteiger partial charge in [0.15, 0.2) is 11.6 Å². The van der Waals surface area contributed by atoms with Crippen LogP contribution < -0.4 is 5.32 Å². The van der Waals surface area contributed by atoms with Crippen LogP contribution in [-0.2, 0) is 11.2 Å². The van der Waals surface area contributed by atoms with Crippen molar-refractivity contribution in [3.63, 3.8) is 0 Å². The second-order valence-corrected chi connectivity index (χ2v) is 9.75. The Morgan fingerprint density at radius 3 is 2.55 bits per heavy atom. The van der Waals surface area contributed by atoms with Crippen LogP contribution in [0.4, 0.5) is 14.5 Å². The van der Waals surface area contributed by atoms with E-state index in [1.807, 2.05) is 30.3 Å². The van der Waals surface area contributed by atoms with Crippen molar-refractivity contribution < 1.29 is 13.6 Å². The summed E-state index contributed by atoms with van der Waals surface area (Å²) in [4.78, 5) is 29.1. The molecule has 1 amide bonds. The first-order chi connectivity index (χ1) is 20.5. The van der Waals surface area contributed by atoms with Crippen LogP contribution in [0, 0.1) is 11.6 Å². The number of hydrogen-bond acceptors (Lipinski definition) is 5. The lowest BCUT2D eigenvalue weighted by molar-refractivity contribution is -0.115. The number of imidazole rings is 1. The van der Waals surface area contributed by atoms with Crippen molar-refractivity contribution in [1.82, 2.24) is 30.1 Å². The molecule has 0 aliphatic carbocycles. The van der Waals surface area contributed by atoms with E-state index in [4.69, 9.17) is 4.98 Å². The molecule has 0 spiro atoms. The lowest BCUT2D eigenvalue weighted by atomic mass is 10.0. The first-order valence-corrected chi connectivity index (χ1v) is 13.1. The van der Waals surface area contributed by atoms with Gasteiger partial charge in [0, 0.05) is 28.9 Å². The zero-order valence-corrected chi connectivity index (χ0v) is 21.9. The Balaban J connectivity index is 1.25. The molecule has 0 atom stereocenters. The lowest BCUT2D eigenvalue weighted by Gasteiger charge is -2.08. The van der Waals surface area contributed by atoms with E-state index < -0.39 is 11.6 Å². The van der Waals surface area contributed by atoms with Gasteiger partial charge in [-0.3, -0.25) is 19.9 Å². The summed E-state index contributed by atoms with van der Waals surface area (Å²) < 4.78 is 29.9. The molecule has 3 N–H and O–H groups in total. The highest BCUT2D eigenvalue weighted by molar-refractivity contribution is 5.98. The van der Waals surface area contributed by atoms with Crippen LogP contribution in [0.15, 0.2) is 97.5 Å². The smallest absolute Gasteiger partial charge is 0.228 e. The van der Waals surface area contributed by atoms with E-state index in [9.17, 15) is 9.18 Å². The van der Waals surface area contributed by atoms with Crippen LogP contribution in [-0.4, -0.2) is 36.0 Å². The largest absolute Gasteiger partial charge is 0.337 e. The van der Waals surface area contributed by atoms with Gasteiger partial charge in [0.1, 0.15) is 28.2 Å². The average molecular weight is 558 g/mol. The van der Waals surface area contributed by atoms with Gasteiger partial charge in [-0.2, -0.15) is 5.10 Å². The number of rotatable bonds is 6. The zero-order chi connectivity index (χ0) is 28.6. The summed E-state index contributed by atoms with van der Waals surface area (Å²) in [5.41, 5.74) is 4.96. The van der Waals surface area contributed by atoms with Gasteiger partial charge in [0.05, 0.1) is 23.8 Å². The number of nitrogens with one attached hydrogen (secondary N) is 3. The maximum Gasteiger partial charge on any atom is 0.228 e. The summed E-state index contributed by atoms with van der Waals surface area (Å²) in [5.74, 6) is -0.732. The average Bonchev–Trinajstić information content (AvgIpc) is 3.63. The molecule has 204 valence electrons. The highest BCUT2D eigenvalue weighted by Gasteiger charge is 2.19. The molecule has 0 saturated carbocycles. The van der Waals surface area contributed by atoms with Crippen LogP contribution in [0.3, 0.4) is 0 Å². The number of anilines is 1. The van der Waals surface area contributed by atoms with Crippen LogP contribution in [0.25, 0.3) is 55.8 Å². The molecule has 0 fully saturated rings. The van der Waals surface area contributed by atoms with Crippen LogP contribution in [0.5, 0.6) is 0 Å². The number of carbonyl (C=O) groups excluding carboxylic acids is 1. The number of amides is 1. The molecule has 4 heterocycles. The minimum Gasteiger partial charge on any atom is -0.337 e. The molecule has 10 heteroatoms. The van der Waals surface area contributed by atoms with Crippen molar-refractivity contribution in [2.45, 2.75) is 6.42 Å². The van der Waals surface area contributed by atoms with E-state index in [2.05, 4.69) is 30.5 Å². The van der Waals surface area contributed by atoms with Crippen molar-refractivity contribution in [3.8, 4) is 33.9 Å². The lowest BCUT2D eigenvalue weighted by Crippen LogP contribution is -2.14. The normalized spacial score (nSPS) is 11.3. The van der Waals surface area contributed by atoms with Crippen LogP contribution in [0.2, 0.25) is 0 Å². The number of fused-ring (bicyclic) bond motifs is 2. The van der Waals surface area contributed by atoms with Gasteiger partial charge in [0.2, 0.25) is 5.91 Å². The number of aromatic amines is 2. The third-order valence-electron chi connectivity index (χ3n) is 6.94. The SMILES string of the molecule is O=C(Cc1ccccc1)Nc1cncc(-c2cc(F)c3n[nH]c(-c4nc5c(-c6ccccc6F)nccc5[nH]4)c3c2)c1. The quantitative estimate of drug-likeness (QED) is 0.211. The fourth-order valence-electron chi connectivity index (χ4n) is 4.98. The molecule has 8 nitrogen and oxygen atoms in total. The maximum absolute atomic E-state index is 15.3. The Morgan fingerprint density at radius 2 is 1.69 bits per heavy atom. The van der Waals surface area contributed by atoms with Gasteiger partial charge in [-0.05, 0) is 47.5 Å². The summed E-state index contributed by atoms with van der Waals surface area (Å²) >= 11 is 0. The topological polar surface area (TPSA) is 112 Å². The third-order valence-corrected chi connectivity index (χ3v) is 6.94. The van der Waals surface area contributed by atoms with E-state index in [0.717, 1.165) is 5.56 Å². The number of nitrogens with zero attached hydrogens (tertiary/aromatic N) is 4. The fourth-order valence-corrected chi connectivity index (χ4v) is 4.98. The Labute approximate surface area is 237 Å². The Hall–Kier alpha value is -5.77. The van der Waals surface area contributed by atoms with Gasteiger partial charge in [0.25, 0.3) is 0 Å². The number of halogens is 2. The molecule has 3 aromatic carbocycles. The molecule has 0 saturated heterocycles. The first-order valence-electron chi connectivity index (χ1n) is 13.1. The molecule has 0 radical (unpaired) electrons. The minimum absolute atomic E-state index is 0.141. The predicted octanol–water partition coefficient (Wildman–Crippen LogP) is 6.69. The zero-order valence-electron chi connectivity index (χ0n) is 21.9. The molecule has 0 bridgehead atoms. The molecule has 7 aromatic rings. The number of carbonyl (C=O) groups is 1. The fraction of sp³-hybridized carbons (Fsp3) is 0.0312. The predicted molar refractivity (Wildman–Crippen MR) is 156 cm³/mol. The Bertz CT molecular complexity index is 2100. The number of pyridine rings is 2. The first kappa shape index (κ1) is 25.2. The number of H-pyrrole nitrogens is 2. The highest BCUT2D eigenvalue weighted by Crippen LogP contribution is 2.34. The van der Waals surface area contributed by atoms with Crippen molar-refractivity contribution in [3.05, 3.63) is 115 Å². The van der Waals surface area contributed by atoms with Crippen LogP contribution >= 0.6 is 0 Å². The summed E-state index contributed by atoms with van der Waals surface area (Å²) in [6.45, 7) is 0. The van der Waals surface area contributed by atoms with Gasteiger partial charge in [-0.15, -0.1) is 0 Å². The van der Waals surface area contributed by atoms with Crippen LogP contribution in [0.1, 0.15) is 5.56 Å². The van der Waals surface area contributed by atoms with E-state index in [0.29, 0.717) is 56.0 Å². The van der Waals surface area contributed by atoms with Crippen molar-refractivity contribution in [1.29, 1.82) is 0 Å². The van der Waals surface area contributed by atoms with E-state index in [1.54, 1.807) is 55.0 Å².